The van der Waals surface area contributed by atoms with Crippen LogP contribution in [0.15, 0.2) is 97.1 Å². The third-order valence-electron chi connectivity index (χ3n) is 5.72. The minimum absolute atomic E-state index is 0.259. The maximum atomic E-state index is 13.6. The molecule has 0 saturated carbocycles. The fourth-order valence-electron chi connectivity index (χ4n) is 3.59. The van der Waals surface area contributed by atoms with Gasteiger partial charge in [-0.05, 0) is 97.1 Å². The van der Waals surface area contributed by atoms with E-state index in [1.807, 2.05) is 0 Å². The van der Waals surface area contributed by atoms with Gasteiger partial charge in [-0.2, -0.15) is 0 Å². The van der Waals surface area contributed by atoms with Crippen LogP contribution in [-0.2, 0) is 0 Å². The summed E-state index contributed by atoms with van der Waals surface area (Å²) in [6, 6.07) is 24.6. The average Bonchev–Trinajstić information content (AvgIpc) is 2.96. The first-order valence-electron chi connectivity index (χ1n) is 11.7. The van der Waals surface area contributed by atoms with Crippen molar-refractivity contribution in [2.75, 3.05) is 0 Å². The fraction of sp³-hybridized carbons (Fsp3) is 0.0667. The predicted molar refractivity (Wildman–Crippen MR) is 166 cm³/mol. The van der Waals surface area contributed by atoms with Crippen molar-refractivity contribution in [3.05, 3.63) is 139 Å². The first-order valence-corrected chi connectivity index (χ1v) is 15.4. The Balaban J connectivity index is 1.69. The van der Waals surface area contributed by atoms with E-state index < -0.39 is 33.6 Å². The predicted octanol–water partition coefficient (Wildman–Crippen LogP) is 9.25. The molecular formula is C30H18Cl4O4S2. The van der Waals surface area contributed by atoms with Gasteiger partial charge in [-0.1, -0.05) is 68.0 Å². The molecule has 0 spiro atoms. The first-order chi connectivity index (χ1) is 19.1. The maximum absolute atomic E-state index is 13.6. The van der Waals surface area contributed by atoms with E-state index in [4.69, 9.17) is 46.4 Å². The van der Waals surface area contributed by atoms with E-state index in [0.29, 0.717) is 20.1 Å². The standard InChI is InChI=1S/C30H18Cl4O4S2/c31-21-9-1-17(2-10-21)25(35)29(26(36)18-3-11-22(32)12-4-18)39-40-30(27(37)19-5-13-23(33)14-6-19)28(38)20-7-15-24(34)16-8-20/h1-16,29-30H. The molecule has 0 aromatic heterocycles. The number of benzene rings is 4. The van der Waals surface area contributed by atoms with Gasteiger partial charge in [0.15, 0.2) is 23.1 Å². The van der Waals surface area contributed by atoms with Gasteiger partial charge in [0.25, 0.3) is 0 Å². The number of hydrogen-bond donors (Lipinski definition) is 0. The Hall–Kier alpha value is -2.58. The van der Waals surface area contributed by atoms with Crippen LogP contribution >= 0.6 is 68.0 Å². The Labute approximate surface area is 258 Å². The molecule has 0 bridgehead atoms. The van der Waals surface area contributed by atoms with Crippen molar-refractivity contribution in [3.63, 3.8) is 0 Å². The molecule has 10 heteroatoms. The Kier molecular flexibility index (Phi) is 10.5. The lowest BCUT2D eigenvalue weighted by molar-refractivity contribution is 0.0886. The number of hydrogen-bond acceptors (Lipinski definition) is 6. The van der Waals surface area contributed by atoms with Crippen LogP contribution in [0, 0.1) is 0 Å². The number of ketones is 4. The molecule has 0 heterocycles. The molecule has 0 radical (unpaired) electrons. The van der Waals surface area contributed by atoms with Crippen LogP contribution in [0.25, 0.3) is 0 Å². The van der Waals surface area contributed by atoms with Crippen LogP contribution in [0.1, 0.15) is 41.4 Å². The highest BCUT2D eigenvalue weighted by atomic mass is 35.5. The highest BCUT2D eigenvalue weighted by molar-refractivity contribution is 8.77. The first kappa shape index (κ1) is 30.4. The van der Waals surface area contributed by atoms with E-state index in [9.17, 15) is 19.2 Å². The van der Waals surface area contributed by atoms with E-state index in [-0.39, 0.29) is 22.3 Å². The second-order valence-electron chi connectivity index (χ2n) is 8.44. The van der Waals surface area contributed by atoms with Crippen LogP contribution in [0.2, 0.25) is 20.1 Å². The van der Waals surface area contributed by atoms with Crippen molar-refractivity contribution in [2.24, 2.45) is 0 Å². The number of Topliss-reactive ketones (excluding diaryl/α,β-unsaturated/α-hetero) is 4. The lowest BCUT2D eigenvalue weighted by atomic mass is 10.0. The van der Waals surface area contributed by atoms with Gasteiger partial charge in [0.1, 0.15) is 10.5 Å². The molecule has 0 aliphatic rings. The molecule has 0 saturated heterocycles. The van der Waals surface area contributed by atoms with Gasteiger partial charge in [0.2, 0.25) is 0 Å². The monoisotopic (exact) mass is 646 g/mol. The molecule has 0 N–H and O–H groups in total. The molecule has 4 aromatic carbocycles. The third kappa shape index (κ3) is 7.58. The minimum atomic E-state index is -1.27. The van der Waals surface area contributed by atoms with Crippen molar-refractivity contribution in [1.82, 2.24) is 0 Å². The van der Waals surface area contributed by atoms with E-state index >= 15 is 0 Å². The van der Waals surface area contributed by atoms with Gasteiger partial charge in [0.05, 0.1) is 0 Å². The molecule has 0 aliphatic carbocycles. The molecule has 0 atom stereocenters. The Bertz CT molecular complexity index is 1310. The van der Waals surface area contributed by atoms with Crippen molar-refractivity contribution >= 4 is 91.1 Å². The summed E-state index contributed by atoms with van der Waals surface area (Å²) in [6.45, 7) is 0. The summed E-state index contributed by atoms with van der Waals surface area (Å²) in [7, 11) is 1.71. The fourth-order valence-corrected chi connectivity index (χ4v) is 6.92. The van der Waals surface area contributed by atoms with Gasteiger partial charge in [-0.3, -0.25) is 19.2 Å². The van der Waals surface area contributed by atoms with E-state index in [1.165, 1.54) is 48.5 Å². The Morgan fingerprint density at radius 1 is 0.375 bits per heavy atom. The normalized spacial score (nSPS) is 11.1. The lowest BCUT2D eigenvalue weighted by Gasteiger charge is -2.19. The molecule has 0 aliphatic heterocycles. The zero-order valence-electron chi connectivity index (χ0n) is 20.4. The van der Waals surface area contributed by atoms with Crippen LogP contribution < -0.4 is 0 Å². The minimum Gasteiger partial charge on any atom is -0.292 e. The number of rotatable bonds is 11. The van der Waals surface area contributed by atoms with Gasteiger partial charge in [-0.25, -0.2) is 0 Å². The summed E-state index contributed by atoms with van der Waals surface area (Å²) in [5, 5.41) is -0.817. The van der Waals surface area contributed by atoms with Crippen LogP contribution in [-0.4, -0.2) is 33.6 Å². The highest BCUT2D eigenvalue weighted by Gasteiger charge is 2.35. The van der Waals surface area contributed by atoms with E-state index in [1.54, 1.807) is 48.5 Å². The van der Waals surface area contributed by atoms with Crippen molar-refractivity contribution in [3.8, 4) is 0 Å². The zero-order valence-corrected chi connectivity index (χ0v) is 25.0. The van der Waals surface area contributed by atoms with Crippen molar-refractivity contribution in [1.29, 1.82) is 0 Å². The Morgan fingerprint density at radius 3 is 0.725 bits per heavy atom. The van der Waals surface area contributed by atoms with Gasteiger partial charge in [-0.15, -0.1) is 0 Å². The quantitative estimate of drug-likeness (QED) is 0.0918. The molecule has 4 rings (SSSR count). The summed E-state index contributed by atoms with van der Waals surface area (Å²) in [6.07, 6.45) is 0. The van der Waals surface area contributed by atoms with E-state index in [0.717, 1.165) is 21.6 Å². The Morgan fingerprint density at radius 2 is 0.550 bits per heavy atom. The molecule has 0 amide bonds. The number of halogens is 4. The summed E-state index contributed by atoms with van der Waals surface area (Å²) >= 11 is 23.9. The number of carbonyl (C=O) groups is 4. The summed E-state index contributed by atoms with van der Waals surface area (Å²) in [5.74, 6) is -1.98. The molecular weight excluding hydrogens is 630 g/mol. The SMILES string of the molecule is O=C(c1ccc(Cl)cc1)C(SSC(C(=O)c1ccc(Cl)cc1)C(=O)c1ccc(Cl)cc1)C(=O)c1ccc(Cl)cc1. The van der Waals surface area contributed by atoms with Gasteiger partial charge in [0, 0.05) is 42.3 Å². The number of carbonyl (C=O) groups excluding carboxylic acids is 4. The maximum Gasteiger partial charge on any atom is 0.184 e. The highest BCUT2D eigenvalue weighted by Crippen LogP contribution is 2.38. The van der Waals surface area contributed by atoms with Crippen LogP contribution in [0.4, 0.5) is 0 Å². The van der Waals surface area contributed by atoms with Crippen molar-refractivity contribution < 1.29 is 19.2 Å². The summed E-state index contributed by atoms with van der Waals surface area (Å²) in [4.78, 5) is 54.3. The summed E-state index contributed by atoms with van der Waals surface area (Å²) < 4.78 is 0. The third-order valence-corrected chi connectivity index (χ3v) is 9.56. The van der Waals surface area contributed by atoms with Crippen LogP contribution in [0.5, 0.6) is 0 Å². The molecule has 202 valence electrons. The summed E-state index contributed by atoms with van der Waals surface area (Å²) in [5.41, 5.74) is 1.03. The topological polar surface area (TPSA) is 68.3 Å². The molecule has 4 aromatic rings. The lowest BCUT2D eigenvalue weighted by Crippen LogP contribution is -2.30. The average molecular weight is 648 g/mol. The molecule has 4 nitrogen and oxygen atoms in total. The second-order valence-corrected chi connectivity index (χ2v) is 12.7. The smallest absolute Gasteiger partial charge is 0.184 e. The van der Waals surface area contributed by atoms with Gasteiger partial charge >= 0.3 is 0 Å². The van der Waals surface area contributed by atoms with E-state index in [2.05, 4.69) is 0 Å². The second kappa shape index (κ2) is 13.9. The molecule has 40 heavy (non-hydrogen) atoms. The van der Waals surface area contributed by atoms with Gasteiger partial charge < -0.3 is 0 Å². The van der Waals surface area contributed by atoms with Crippen LogP contribution in [0.3, 0.4) is 0 Å². The zero-order chi connectivity index (χ0) is 28.8. The molecule has 0 fully saturated rings. The van der Waals surface area contributed by atoms with Crippen molar-refractivity contribution in [2.45, 2.75) is 10.5 Å². The largest absolute Gasteiger partial charge is 0.292 e. The molecule has 0 unspecified atom stereocenters.